The van der Waals surface area contributed by atoms with Gasteiger partial charge in [-0.15, -0.1) is 0 Å². The van der Waals surface area contributed by atoms with Crippen molar-refractivity contribution < 1.29 is 5.11 Å². The van der Waals surface area contributed by atoms with Crippen LogP contribution in [0, 0.1) is 0 Å². The average molecular weight is 275 g/mol. The van der Waals surface area contributed by atoms with E-state index in [1.54, 1.807) is 4.57 Å². The van der Waals surface area contributed by atoms with Crippen LogP contribution in [0.3, 0.4) is 0 Å². The fourth-order valence-corrected chi connectivity index (χ4v) is 3.00. The summed E-state index contributed by atoms with van der Waals surface area (Å²) in [5.74, 6) is 0. The lowest BCUT2D eigenvalue weighted by molar-refractivity contribution is 0.119. The topological polar surface area (TPSA) is 70.0 Å². The molecule has 20 heavy (non-hydrogen) atoms. The predicted octanol–water partition coefficient (Wildman–Crippen LogP) is 1.52. The molecule has 1 unspecified atom stereocenters. The van der Waals surface area contributed by atoms with Crippen LogP contribution in [0.5, 0.6) is 0 Å². The number of aliphatic hydroxyl groups excluding tert-OH is 1. The van der Waals surface area contributed by atoms with E-state index in [4.69, 9.17) is 0 Å². The molecular weight excluding hydrogens is 254 g/mol. The molecular formula is C15H21N3O2. The Balaban J connectivity index is 2.06. The predicted molar refractivity (Wildman–Crippen MR) is 78.8 cm³/mol. The Kier molecular flexibility index (Phi) is 3.40. The Labute approximate surface area is 117 Å². The lowest BCUT2D eigenvalue weighted by atomic mass is 9.99. The minimum atomic E-state index is -0.586. The molecule has 1 aromatic carbocycles. The molecule has 0 aliphatic carbocycles. The molecule has 0 radical (unpaired) electrons. The van der Waals surface area contributed by atoms with E-state index in [-0.39, 0.29) is 11.7 Å². The highest BCUT2D eigenvalue weighted by atomic mass is 16.3. The first kappa shape index (κ1) is 13.4. The maximum Gasteiger partial charge on any atom is 0.326 e. The van der Waals surface area contributed by atoms with Gasteiger partial charge in [-0.1, -0.05) is 19.1 Å². The van der Waals surface area contributed by atoms with Crippen LogP contribution in [0.1, 0.15) is 38.4 Å². The summed E-state index contributed by atoms with van der Waals surface area (Å²) in [7, 11) is 0. The van der Waals surface area contributed by atoms with Crippen LogP contribution < -0.4 is 11.0 Å². The first-order valence-corrected chi connectivity index (χ1v) is 7.27. The van der Waals surface area contributed by atoms with Gasteiger partial charge in [0.05, 0.1) is 17.1 Å². The third kappa shape index (κ3) is 2.07. The minimum Gasteiger partial charge on any atom is -0.387 e. The van der Waals surface area contributed by atoms with Crippen LogP contribution in [0.2, 0.25) is 0 Å². The molecule has 1 aromatic heterocycles. The van der Waals surface area contributed by atoms with E-state index in [2.05, 4.69) is 24.1 Å². The monoisotopic (exact) mass is 275 g/mol. The zero-order chi connectivity index (χ0) is 14.3. The van der Waals surface area contributed by atoms with Crippen molar-refractivity contribution in [2.75, 3.05) is 0 Å². The first-order valence-electron chi connectivity index (χ1n) is 7.27. The second kappa shape index (κ2) is 5.07. The molecule has 5 heteroatoms. The van der Waals surface area contributed by atoms with Gasteiger partial charge in [0, 0.05) is 24.2 Å². The molecule has 108 valence electrons. The van der Waals surface area contributed by atoms with Crippen LogP contribution in [-0.4, -0.2) is 26.7 Å². The lowest BCUT2D eigenvalue weighted by Gasteiger charge is -2.26. The molecule has 0 spiro atoms. The van der Waals surface area contributed by atoms with Gasteiger partial charge in [0.25, 0.3) is 0 Å². The Bertz CT molecular complexity index is 673. The number of aliphatic hydroxyl groups is 1. The summed E-state index contributed by atoms with van der Waals surface area (Å²) in [6.45, 7) is 4.86. The third-order valence-electron chi connectivity index (χ3n) is 4.30. The van der Waals surface area contributed by atoms with E-state index < -0.39 is 6.10 Å². The van der Waals surface area contributed by atoms with Crippen molar-refractivity contribution in [2.24, 2.45) is 0 Å². The van der Waals surface area contributed by atoms with E-state index in [1.165, 1.54) is 0 Å². The number of para-hydroxylation sites is 1. The van der Waals surface area contributed by atoms with Crippen molar-refractivity contribution in [3.8, 4) is 0 Å². The van der Waals surface area contributed by atoms with Crippen molar-refractivity contribution in [3.05, 3.63) is 34.2 Å². The Morgan fingerprint density at radius 3 is 3.10 bits per heavy atom. The largest absolute Gasteiger partial charge is 0.387 e. The maximum absolute atomic E-state index is 12.0. The lowest BCUT2D eigenvalue weighted by Crippen LogP contribution is -2.40. The number of hydrogen-bond acceptors (Lipinski definition) is 3. The van der Waals surface area contributed by atoms with E-state index in [1.807, 2.05) is 18.2 Å². The Morgan fingerprint density at radius 1 is 1.55 bits per heavy atom. The van der Waals surface area contributed by atoms with Gasteiger partial charge in [-0.05, 0) is 25.8 Å². The van der Waals surface area contributed by atoms with E-state index in [9.17, 15) is 9.90 Å². The van der Waals surface area contributed by atoms with Crippen molar-refractivity contribution >= 4 is 11.0 Å². The van der Waals surface area contributed by atoms with Gasteiger partial charge in [0.1, 0.15) is 0 Å². The highest BCUT2D eigenvalue weighted by Crippen LogP contribution is 2.29. The van der Waals surface area contributed by atoms with Gasteiger partial charge < -0.3 is 15.4 Å². The minimum absolute atomic E-state index is 0.0187. The fourth-order valence-electron chi connectivity index (χ4n) is 3.00. The number of aryl methyl sites for hydroxylation is 1. The van der Waals surface area contributed by atoms with Crippen LogP contribution >= 0.6 is 0 Å². The molecule has 0 saturated carbocycles. The Morgan fingerprint density at radius 2 is 2.35 bits per heavy atom. The van der Waals surface area contributed by atoms with Crippen molar-refractivity contribution in [1.82, 2.24) is 14.9 Å². The molecule has 1 aliphatic heterocycles. The summed E-state index contributed by atoms with van der Waals surface area (Å²) < 4.78 is 1.74. The van der Waals surface area contributed by atoms with Gasteiger partial charge in [0.2, 0.25) is 0 Å². The molecule has 2 aromatic rings. The number of imidazole rings is 1. The molecule has 3 N–H and O–H groups in total. The second-order valence-electron chi connectivity index (χ2n) is 5.64. The van der Waals surface area contributed by atoms with Crippen LogP contribution in [0.15, 0.2) is 23.0 Å². The molecule has 2 heterocycles. The molecule has 5 nitrogen and oxygen atoms in total. The zero-order valence-corrected chi connectivity index (χ0v) is 11.9. The summed E-state index contributed by atoms with van der Waals surface area (Å²) in [6.07, 6.45) is 1.17. The molecule has 0 saturated heterocycles. The third-order valence-corrected chi connectivity index (χ3v) is 4.30. The van der Waals surface area contributed by atoms with Gasteiger partial charge in [0.15, 0.2) is 0 Å². The van der Waals surface area contributed by atoms with Gasteiger partial charge in [-0.2, -0.15) is 0 Å². The van der Waals surface area contributed by atoms with Crippen LogP contribution in [0.25, 0.3) is 11.0 Å². The molecule has 3 atom stereocenters. The Hall–Kier alpha value is -1.59. The standard InChI is InChI=1S/C15H21N3O2/c1-3-9(2)16-12-7-8-18-13-10(14(12)19)5-4-6-11(13)17-15(18)20/h4-6,9,12,14,16,19H,3,7-8H2,1-2H3,(H,17,20)/t9-,12+,14?/m0/s1. The fraction of sp³-hybridized carbons (Fsp3) is 0.533. The number of aromatic nitrogens is 2. The number of aromatic amines is 1. The van der Waals surface area contributed by atoms with E-state index in [0.717, 1.165) is 29.4 Å². The smallest absolute Gasteiger partial charge is 0.326 e. The number of H-pyrrole nitrogens is 1. The van der Waals surface area contributed by atoms with Crippen LogP contribution in [-0.2, 0) is 6.54 Å². The molecule has 1 aliphatic rings. The number of benzene rings is 1. The molecule has 0 amide bonds. The summed E-state index contributed by atoms with van der Waals surface area (Å²) >= 11 is 0. The number of rotatable bonds is 3. The van der Waals surface area contributed by atoms with Crippen molar-refractivity contribution in [3.63, 3.8) is 0 Å². The average Bonchev–Trinajstić information content (AvgIpc) is 2.69. The van der Waals surface area contributed by atoms with Gasteiger partial charge >= 0.3 is 5.69 Å². The van der Waals surface area contributed by atoms with Crippen molar-refractivity contribution in [1.29, 1.82) is 0 Å². The first-order chi connectivity index (χ1) is 9.61. The quantitative estimate of drug-likeness (QED) is 0.795. The van der Waals surface area contributed by atoms with E-state index in [0.29, 0.717) is 12.6 Å². The summed E-state index contributed by atoms with van der Waals surface area (Å²) in [6, 6.07) is 6.01. The van der Waals surface area contributed by atoms with Crippen molar-refractivity contribution in [2.45, 2.75) is 51.4 Å². The maximum atomic E-state index is 12.0. The number of hydrogen-bond donors (Lipinski definition) is 3. The summed E-state index contributed by atoms with van der Waals surface area (Å²) in [5.41, 5.74) is 2.39. The highest BCUT2D eigenvalue weighted by Gasteiger charge is 2.28. The summed E-state index contributed by atoms with van der Waals surface area (Å²) in [4.78, 5) is 14.9. The van der Waals surface area contributed by atoms with Gasteiger partial charge in [-0.3, -0.25) is 4.57 Å². The summed E-state index contributed by atoms with van der Waals surface area (Å²) in [5, 5.41) is 14.1. The number of nitrogens with one attached hydrogen (secondary N) is 2. The normalized spacial score (nSPS) is 23.8. The molecule has 0 bridgehead atoms. The number of nitrogens with zero attached hydrogens (tertiary/aromatic N) is 1. The SMILES string of the molecule is CC[C@H](C)N[C@@H]1CCn2c(=O)[nH]c3cccc(c32)C1O. The van der Waals surface area contributed by atoms with E-state index >= 15 is 0 Å². The van der Waals surface area contributed by atoms with Gasteiger partial charge in [-0.25, -0.2) is 4.79 Å². The van der Waals surface area contributed by atoms with Crippen LogP contribution in [0.4, 0.5) is 0 Å². The zero-order valence-electron chi connectivity index (χ0n) is 11.9. The second-order valence-corrected chi connectivity index (χ2v) is 5.64. The molecule has 3 rings (SSSR count). The molecule has 0 fully saturated rings. The highest BCUT2D eigenvalue weighted by molar-refractivity contribution is 5.79.